The normalized spacial score (nSPS) is 10.7. The molecule has 0 unspecified atom stereocenters. The van der Waals surface area contributed by atoms with E-state index >= 15 is 0 Å². The number of aliphatic hydroxyl groups excluding tert-OH is 1. The molecule has 2 rings (SSSR count). The number of rotatable bonds is 4. The molecule has 0 aliphatic carbocycles. The van der Waals surface area contributed by atoms with Gasteiger partial charge in [0, 0.05) is 16.6 Å². The van der Waals surface area contributed by atoms with Gasteiger partial charge < -0.3 is 10.8 Å². The standard InChI is InChI=1S/C12H14BrN3O/c13-10-3-5-11(6-4-10)16-12(14)9(8-15-16)2-1-7-17/h3-6,8,17H,1-2,7,14H2. The first-order chi connectivity index (χ1) is 8.22. The van der Waals surface area contributed by atoms with E-state index in [0.717, 1.165) is 22.1 Å². The van der Waals surface area contributed by atoms with Gasteiger partial charge in [-0.3, -0.25) is 0 Å². The first-order valence-corrected chi connectivity index (χ1v) is 6.21. The van der Waals surface area contributed by atoms with Gasteiger partial charge in [0.25, 0.3) is 0 Å². The third-order valence-electron chi connectivity index (χ3n) is 2.56. The van der Waals surface area contributed by atoms with Crippen LogP contribution in [0.1, 0.15) is 12.0 Å². The number of halogens is 1. The molecule has 0 saturated carbocycles. The predicted molar refractivity (Wildman–Crippen MR) is 71.1 cm³/mol. The predicted octanol–water partition coefficient (Wildman–Crippen LogP) is 2.14. The van der Waals surface area contributed by atoms with Gasteiger partial charge in [0.2, 0.25) is 0 Å². The highest BCUT2D eigenvalue weighted by atomic mass is 79.9. The molecule has 0 saturated heterocycles. The molecular weight excluding hydrogens is 282 g/mol. The molecule has 2 aromatic rings. The minimum Gasteiger partial charge on any atom is -0.396 e. The number of nitrogens with zero attached hydrogens (tertiary/aromatic N) is 2. The van der Waals surface area contributed by atoms with Crippen molar-refractivity contribution in [3.05, 3.63) is 40.5 Å². The third kappa shape index (κ3) is 2.68. The summed E-state index contributed by atoms with van der Waals surface area (Å²) in [7, 11) is 0. The molecule has 17 heavy (non-hydrogen) atoms. The number of anilines is 1. The number of benzene rings is 1. The zero-order chi connectivity index (χ0) is 12.3. The molecule has 90 valence electrons. The minimum atomic E-state index is 0.170. The topological polar surface area (TPSA) is 64.1 Å². The average Bonchev–Trinajstić information content (AvgIpc) is 2.69. The molecule has 0 amide bonds. The van der Waals surface area contributed by atoms with Crippen LogP contribution in [0, 0.1) is 0 Å². The van der Waals surface area contributed by atoms with Crippen molar-refractivity contribution in [3.8, 4) is 5.69 Å². The lowest BCUT2D eigenvalue weighted by Gasteiger charge is -2.05. The largest absolute Gasteiger partial charge is 0.396 e. The van der Waals surface area contributed by atoms with Gasteiger partial charge in [0.15, 0.2) is 0 Å². The van der Waals surface area contributed by atoms with Crippen LogP contribution >= 0.6 is 15.9 Å². The number of aromatic nitrogens is 2. The van der Waals surface area contributed by atoms with Crippen LogP contribution < -0.4 is 5.73 Å². The monoisotopic (exact) mass is 295 g/mol. The molecule has 3 N–H and O–H groups in total. The second-order valence-corrected chi connectivity index (χ2v) is 4.69. The molecule has 0 aliphatic heterocycles. The maximum atomic E-state index is 8.80. The Labute approximate surface area is 108 Å². The van der Waals surface area contributed by atoms with Crippen LogP contribution in [-0.4, -0.2) is 21.5 Å². The second-order valence-electron chi connectivity index (χ2n) is 3.77. The summed E-state index contributed by atoms with van der Waals surface area (Å²) in [6.45, 7) is 0.170. The fraction of sp³-hybridized carbons (Fsp3) is 0.250. The minimum absolute atomic E-state index is 0.170. The Balaban J connectivity index is 2.27. The third-order valence-corrected chi connectivity index (χ3v) is 3.09. The van der Waals surface area contributed by atoms with Gasteiger partial charge in [-0.05, 0) is 37.1 Å². The summed E-state index contributed by atoms with van der Waals surface area (Å²) < 4.78 is 2.73. The van der Waals surface area contributed by atoms with Crippen LogP contribution in [0.4, 0.5) is 5.82 Å². The Kier molecular flexibility index (Phi) is 3.81. The Morgan fingerprint density at radius 3 is 2.65 bits per heavy atom. The van der Waals surface area contributed by atoms with Gasteiger partial charge in [0.1, 0.15) is 5.82 Å². The van der Waals surface area contributed by atoms with E-state index in [1.807, 2.05) is 24.3 Å². The van der Waals surface area contributed by atoms with Crippen molar-refractivity contribution in [2.45, 2.75) is 12.8 Å². The number of hydrogen-bond acceptors (Lipinski definition) is 3. The van der Waals surface area contributed by atoms with Crippen LogP contribution in [0.2, 0.25) is 0 Å². The van der Waals surface area contributed by atoms with Gasteiger partial charge in [0.05, 0.1) is 11.9 Å². The van der Waals surface area contributed by atoms with Crippen molar-refractivity contribution in [1.82, 2.24) is 9.78 Å². The molecular formula is C12H14BrN3O. The maximum Gasteiger partial charge on any atom is 0.130 e. The lowest BCUT2D eigenvalue weighted by molar-refractivity contribution is 0.288. The molecule has 5 heteroatoms. The van der Waals surface area contributed by atoms with E-state index in [1.165, 1.54) is 0 Å². The molecule has 0 fully saturated rings. The fourth-order valence-corrected chi connectivity index (χ4v) is 1.91. The quantitative estimate of drug-likeness (QED) is 0.908. The molecule has 0 aliphatic rings. The van der Waals surface area contributed by atoms with Crippen LogP contribution in [0.25, 0.3) is 5.69 Å². The Hall–Kier alpha value is -1.33. The number of hydrogen-bond donors (Lipinski definition) is 2. The van der Waals surface area contributed by atoms with E-state index in [0.29, 0.717) is 12.2 Å². The Bertz CT molecular complexity index is 493. The SMILES string of the molecule is Nc1c(CCCO)cnn1-c1ccc(Br)cc1. The highest BCUT2D eigenvalue weighted by molar-refractivity contribution is 9.10. The maximum absolute atomic E-state index is 8.80. The molecule has 1 aromatic heterocycles. The number of aliphatic hydroxyl groups is 1. The van der Waals surface area contributed by atoms with Crippen LogP contribution in [0.15, 0.2) is 34.9 Å². The number of nitrogens with two attached hydrogens (primary N) is 1. The zero-order valence-electron chi connectivity index (χ0n) is 9.31. The zero-order valence-corrected chi connectivity index (χ0v) is 10.9. The summed E-state index contributed by atoms with van der Waals surface area (Å²) in [4.78, 5) is 0. The number of aryl methyl sites for hydroxylation is 1. The van der Waals surface area contributed by atoms with Crippen molar-refractivity contribution in [2.24, 2.45) is 0 Å². The summed E-state index contributed by atoms with van der Waals surface area (Å²) in [5.41, 5.74) is 7.93. The summed E-state index contributed by atoms with van der Waals surface area (Å²) in [5, 5.41) is 13.1. The fourth-order valence-electron chi connectivity index (χ4n) is 1.64. The van der Waals surface area contributed by atoms with Gasteiger partial charge >= 0.3 is 0 Å². The Morgan fingerprint density at radius 1 is 1.29 bits per heavy atom. The lowest BCUT2D eigenvalue weighted by Crippen LogP contribution is -2.03. The number of nitrogen functional groups attached to an aromatic ring is 1. The van der Waals surface area contributed by atoms with Crippen molar-refractivity contribution in [1.29, 1.82) is 0 Å². The van der Waals surface area contributed by atoms with Gasteiger partial charge in [-0.1, -0.05) is 15.9 Å². The molecule has 0 atom stereocenters. The van der Waals surface area contributed by atoms with Crippen LogP contribution in [-0.2, 0) is 6.42 Å². The van der Waals surface area contributed by atoms with E-state index in [4.69, 9.17) is 10.8 Å². The molecule has 0 spiro atoms. The van der Waals surface area contributed by atoms with Crippen molar-refractivity contribution in [3.63, 3.8) is 0 Å². The van der Waals surface area contributed by atoms with Gasteiger partial charge in [-0.25, -0.2) is 4.68 Å². The van der Waals surface area contributed by atoms with Crippen LogP contribution in [0.5, 0.6) is 0 Å². The van der Waals surface area contributed by atoms with Crippen molar-refractivity contribution < 1.29 is 5.11 Å². The molecule has 1 aromatic carbocycles. The van der Waals surface area contributed by atoms with E-state index in [1.54, 1.807) is 10.9 Å². The van der Waals surface area contributed by atoms with Crippen LogP contribution in [0.3, 0.4) is 0 Å². The van der Waals surface area contributed by atoms with E-state index < -0.39 is 0 Å². The molecule has 4 nitrogen and oxygen atoms in total. The Morgan fingerprint density at radius 2 is 2.00 bits per heavy atom. The van der Waals surface area contributed by atoms with E-state index in [9.17, 15) is 0 Å². The molecule has 1 heterocycles. The first kappa shape index (κ1) is 12.1. The van der Waals surface area contributed by atoms with Gasteiger partial charge in [-0.15, -0.1) is 0 Å². The van der Waals surface area contributed by atoms with E-state index in [-0.39, 0.29) is 6.61 Å². The summed E-state index contributed by atoms with van der Waals surface area (Å²) in [6, 6.07) is 7.79. The summed E-state index contributed by atoms with van der Waals surface area (Å²) in [5.74, 6) is 0.640. The van der Waals surface area contributed by atoms with Crippen molar-refractivity contribution in [2.75, 3.05) is 12.3 Å². The summed E-state index contributed by atoms with van der Waals surface area (Å²) in [6.07, 6.45) is 3.21. The highest BCUT2D eigenvalue weighted by Crippen LogP contribution is 2.20. The van der Waals surface area contributed by atoms with Crippen molar-refractivity contribution >= 4 is 21.7 Å². The van der Waals surface area contributed by atoms with E-state index in [2.05, 4.69) is 21.0 Å². The second kappa shape index (κ2) is 5.33. The highest BCUT2D eigenvalue weighted by Gasteiger charge is 2.08. The molecule has 0 bridgehead atoms. The molecule has 0 radical (unpaired) electrons. The average molecular weight is 296 g/mol. The first-order valence-electron chi connectivity index (χ1n) is 5.41. The lowest BCUT2D eigenvalue weighted by atomic mass is 10.2. The summed E-state index contributed by atoms with van der Waals surface area (Å²) >= 11 is 3.39. The van der Waals surface area contributed by atoms with Gasteiger partial charge in [-0.2, -0.15) is 5.10 Å². The smallest absolute Gasteiger partial charge is 0.130 e.